The lowest BCUT2D eigenvalue weighted by Crippen LogP contribution is -2.21. The van der Waals surface area contributed by atoms with Crippen LogP contribution in [0.1, 0.15) is 12.7 Å². The zero-order valence-electron chi connectivity index (χ0n) is 10.8. The number of halogens is 1. The van der Waals surface area contributed by atoms with Crippen molar-refractivity contribution in [3.63, 3.8) is 0 Å². The van der Waals surface area contributed by atoms with Crippen LogP contribution in [0.3, 0.4) is 0 Å². The zero-order chi connectivity index (χ0) is 13.8. The molecule has 2 heterocycles. The summed E-state index contributed by atoms with van der Waals surface area (Å²) < 4.78 is 1.87. The molecule has 100 valence electrons. The highest BCUT2D eigenvalue weighted by molar-refractivity contribution is 6.19. The second-order valence-corrected chi connectivity index (χ2v) is 4.60. The van der Waals surface area contributed by atoms with Crippen molar-refractivity contribution in [3.8, 4) is 5.82 Å². The van der Waals surface area contributed by atoms with Gasteiger partial charge in [-0.2, -0.15) is 0 Å². The van der Waals surface area contributed by atoms with Crippen LogP contribution in [0.2, 0.25) is 0 Å². The number of pyridine rings is 1. The van der Waals surface area contributed by atoms with Gasteiger partial charge in [0, 0.05) is 24.2 Å². The summed E-state index contributed by atoms with van der Waals surface area (Å²) in [6.07, 6.45) is 5.17. The quantitative estimate of drug-likeness (QED) is 0.874. The molecule has 2 rings (SSSR count). The predicted octanol–water partition coefficient (Wildman–Crippen LogP) is 2.39. The molecule has 6 heteroatoms. The molecule has 0 aromatic carbocycles. The minimum absolute atomic E-state index is 0.108. The normalized spacial score (nSPS) is 12.2. The first-order valence-electron chi connectivity index (χ1n) is 5.95. The van der Waals surface area contributed by atoms with Crippen molar-refractivity contribution in [2.75, 3.05) is 11.2 Å². The van der Waals surface area contributed by atoms with Crippen molar-refractivity contribution in [2.24, 2.45) is 5.92 Å². The predicted molar refractivity (Wildman–Crippen MR) is 74.6 cm³/mol. The Kier molecular flexibility index (Phi) is 4.16. The molecular weight excluding hydrogens is 264 g/mol. The van der Waals surface area contributed by atoms with Crippen LogP contribution in [0.15, 0.2) is 30.7 Å². The first kappa shape index (κ1) is 13.5. The molecule has 0 radical (unpaired) electrons. The number of aryl methyl sites for hydroxylation is 1. The molecule has 5 nitrogen and oxygen atoms in total. The van der Waals surface area contributed by atoms with Crippen LogP contribution in [0, 0.1) is 12.8 Å². The van der Waals surface area contributed by atoms with Crippen molar-refractivity contribution in [1.82, 2.24) is 14.5 Å². The highest BCUT2D eigenvalue weighted by Gasteiger charge is 2.11. The molecule has 1 amide bonds. The zero-order valence-corrected chi connectivity index (χ0v) is 11.6. The van der Waals surface area contributed by atoms with Gasteiger partial charge in [0.1, 0.15) is 11.6 Å². The maximum atomic E-state index is 11.7. The van der Waals surface area contributed by atoms with Gasteiger partial charge in [0.25, 0.3) is 0 Å². The molecule has 2 aromatic heterocycles. The summed E-state index contributed by atoms with van der Waals surface area (Å²) in [5.74, 6) is 1.59. The van der Waals surface area contributed by atoms with Crippen LogP contribution < -0.4 is 5.32 Å². The van der Waals surface area contributed by atoms with E-state index in [1.165, 1.54) is 0 Å². The Balaban J connectivity index is 2.11. The fraction of sp³-hybridized carbons (Fsp3) is 0.308. The number of imidazole rings is 1. The molecule has 1 unspecified atom stereocenters. The molecule has 0 spiro atoms. The standard InChI is InChI=1S/C13H15ClN4O/c1-9(7-14)13(19)17-11-3-4-12(16-8-11)18-6-5-15-10(18)2/h3-6,8-9H,7H2,1-2H3,(H,17,19). The van der Waals surface area contributed by atoms with Gasteiger partial charge in [-0.25, -0.2) is 9.97 Å². The van der Waals surface area contributed by atoms with Gasteiger partial charge >= 0.3 is 0 Å². The number of alkyl halides is 1. The molecular formula is C13H15ClN4O. The van der Waals surface area contributed by atoms with Gasteiger partial charge < -0.3 is 5.32 Å². The smallest absolute Gasteiger partial charge is 0.228 e. The minimum atomic E-state index is -0.225. The summed E-state index contributed by atoms with van der Waals surface area (Å²) in [5, 5.41) is 2.77. The average molecular weight is 279 g/mol. The van der Waals surface area contributed by atoms with Crippen molar-refractivity contribution in [3.05, 3.63) is 36.5 Å². The van der Waals surface area contributed by atoms with Crippen molar-refractivity contribution < 1.29 is 4.79 Å². The maximum absolute atomic E-state index is 11.7. The van der Waals surface area contributed by atoms with Gasteiger partial charge in [0.2, 0.25) is 5.91 Å². The Hall–Kier alpha value is -1.88. The first-order valence-corrected chi connectivity index (χ1v) is 6.48. The SMILES string of the molecule is Cc1nccn1-c1ccc(NC(=O)C(C)CCl)cn1. The van der Waals surface area contributed by atoms with Crippen molar-refractivity contribution >= 4 is 23.2 Å². The van der Waals surface area contributed by atoms with E-state index in [2.05, 4.69) is 15.3 Å². The third-order valence-electron chi connectivity index (χ3n) is 2.77. The van der Waals surface area contributed by atoms with E-state index in [0.29, 0.717) is 11.6 Å². The fourth-order valence-electron chi connectivity index (χ4n) is 1.56. The second-order valence-electron chi connectivity index (χ2n) is 4.29. The number of hydrogen-bond acceptors (Lipinski definition) is 3. The minimum Gasteiger partial charge on any atom is -0.324 e. The molecule has 19 heavy (non-hydrogen) atoms. The van der Waals surface area contributed by atoms with Crippen molar-refractivity contribution in [2.45, 2.75) is 13.8 Å². The van der Waals surface area contributed by atoms with E-state index < -0.39 is 0 Å². The molecule has 0 aliphatic heterocycles. The third kappa shape index (κ3) is 3.12. The molecule has 0 saturated heterocycles. The Morgan fingerprint density at radius 3 is 2.79 bits per heavy atom. The summed E-state index contributed by atoms with van der Waals surface area (Å²) in [6.45, 7) is 3.68. The third-order valence-corrected chi connectivity index (χ3v) is 3.23. The monoisotopic (exact) mass is 278 g/mol. The van der Waals surface area contributed by atoms with Crippen molar-refractivity contribution in [1.29, 1.82) is 0 Å². The summed E-state index contributed by atoms with van der Waals surface area (Å²) in [6, 6.07) is 3.64. The lowest BCUT2D eigenvalue weighted by Gasteiger charge is -2.10. The fourth-order valence-corrected chi connectivity index (χ4v) is 1.70. The number of hydrogen-bond donors (Lipinski definition) is 1. The molecule has 0 aliphatic carbocycles. The lowest BCUT2D eigenvalue weighted by atomic mass is 10.2. The molecule has 2 aromatic rings. The summed E-state index contributed by atoms with van der Waals surface area (Å²) >= 11 is 5.64. The summed E-state index contributed by atoms with van der Waals surface area (Å²) in [5.41, 5.74) is 0.656. The number of carbonyl (C=O) groups is 1. The summed E-state index contributed by atoms with van der Waals surface area (Å²) in [4.78, 5) is 20.1. The van der Waals surface area contributed by atoms with Gasteiger partial charge in [-0.15, -0.1) is 11.6 Å². The van der Waals surface area contributed by atoms with Gasteiger partial charge in [-0.3, -0.25) is 9.36 Å². The Morgan fingerprint density at radius 2 is 2.26 bits per heavy atom. The number of rotatable bonds is 4. The molecule has 1 N–H and O–H groups in total. The number of carbonyl (C=O) groups excluding carboxylic acids is 1. The molecule has 0 aliphatic rings. The van der Waals surface area contributed by atoms with Gasteiger partial charge in [0.05, 0.1) is 11.9 Å². The lowest BCUT2D eigenvalue weighted by molar-refractivity contribution is -0.118. The van der Waals surface area contributed by atoms with Gasteiger partial charge in [-0.1, -0.05) is 6.92 Å². The number of aromatic nitrogens is 3. The summed E-state index contributed by atoms with van der Waals surface area (Å²) in [7, 11) is 0. The van der Waals surface area contributed by atoms with Crippen LogP contribution >= 0.6 is 11.6 Å². The highest BCUT2D eigenvalue weighted by atomic mass is 35.5. The van der Waals surface area contributed by atoms with Crippen LogP contribution in [0.4, 0.5) is 5.69 Å². The van der Waals surface area contributed by atoms with Crippen LogP contribution in [-0.4, -0.2) is 26.3 Å². The number of nitrogens with zero attached hydrogens (tertiary/aromatic N) is 3. The van der Waals surface area contributed by atoms with Crippen LogP contribution in [-0.2, 0) is 4.79 Å². The molecule has 1 atom stereocenters. The van der Waals surface area contributed by atoms with E-state index in [0.717, 1.165) is 11.6 Å². The van der Waals surface area contributed by atoms with Crippen LogP contribution in [0.5, 0.6) is 0 Å². The number of amides is 1. The second kappa shape index (κ2) is 5.84. The molecule has 0 fully saturated rings. The van der Waals surface area contributed by atoms with E-state index in [1.807, 2.05) is 23.8 Å². The van der Waals surface area contributed by atoms with Crippen LogP contribution in [0.25, 0.3) is 5.82 Å². The van der Waals surface area contributed by atoms with E-state index in [1.54, 1.807) is 25.4 Å². The van der Waals surface area contributed by atoms with E-state index in [9.17, 15) is 4.79 Å². The van der Waals surface area contributed by atoms with Gasteiger partial charge in [-0.05, 0) is 19.1 Å². The van der Waals surface area contributed by atoms with E-state index in [-0.39, 0.29) is 11.8 Å². The Labute approximate surface area is 116 Å². The van der Waals surface area contributed by atoms with E-state index >= 15 is 0 Å². The topological polar surface area (TPSA) is 59.8 Å². The largest absolute Gasteiger partial charge is 0.324 e. The van der Waals surface area contributed by atoms with Gasteiger partial charge in [0.15, 0.2) is 0 Å². The highest BCUT2D eigenvalue weighted by Crippen LogP contribution is 2.12. The number of nitrogens with one attached hydrogen (secondary N) is 1. The first-order chi connectivity index (χ1) is 9.11. The Bertz CT molecular complexity index is 564. The molecule has 0 bridgehead atoms. The average Bonchev–Trinajstić information content (AvgIpc) is 2.85. The molecule has 0 saturated carbocycles. The Morgan fingerprint density at radius 1 is 1.47 bits per heavy atom. The number of anilines is 1. The van der Waals surface area contributed by atoms with E-state index in [4.69, 9.17) is 11.6 Å². The maximum Gasteiger partial charge on any atom is 0.228 e.